The normalized spacial score (nSPS) is 11.9. The zero-order valence-electron chi connectivity index (χ0n) is 15.6. The summed E-state index contributed by atoms with van der Waals surface area (Å²) in [4.78, 5) is 0. The SMILES string of the molecule is CCc1cccc2c1oc1c2ccc2c3ccccc3n(-c3ccccc3)c21. The van der Waals surface area contributed by atoms with Crippen LogP contribution < -0.4 is 0 Å². The molecule has 0 N–H and O–H groups in total. The predicted octanol–water partition coefficient (Wildman–Crippen LogP) is 7.25. The minimum Gasteiger partial charge on any atom is -0.454 e. The van der Waals surface area contributed by atoms with E-state index in [1.807, 2.05) is 0 Å². The van der Waals surface area contributed by atoms with E-state index in [-0.39, 0.29) is 0 Å². The quantitative estimate of drug-likeness (QED) is 0.318. The fraction of sp³-hybridized carbons (Fsp3) is 0.0769. The number of furan rings is 1. The van der Waals surface area contributed by atoms with Crippen molar-refractivity contribution in [3.63, 3.8) is 0 Å². The number of nitrogens with zero attached hydrogens (tertiary/aromatic N) is 1. The molecule has 0 aliphatic rings. The molecule has 0 unspecified atom stereocenters. The molecule has 0 amide bonds. The van der Waals surface area contributed by atoms with Crippen LogP contribution in [0.4, 0.5) is 0 Å². The van der Waals surface area contributed by atoms with E-state index in [1.165, 1.54) is 32.6 Å². The Morgan fingerprint density at radius 3 is 2.21 bits per heavy atom. The molecule has 0 saturated carbocycles. The summed E-state index contributed by atoms with van der Waals surface area (Å²) in [7, 11) is 0. The monoisotopic (exact) mass is 361 g/mol. The van der Waals surface area contributed by atoms with Crippen LogP contribution in [0.1, 0.15) is 12.5 Å². The molecule has 0 aliphatic heterocycles. The molecule has 2 heteroatoms. The summed E-state index contributed by atoms with van der Waals surface area (Å²) in [5, 5.41) is 4.85. The Balaban J connectivity index is 1.89. The first-order valence-corrected chi connectivity index (χ1v) is 9.78. The average Bonchev–Trinajstić information content (AvgIpc) is 3.30. The van der Waals surface area contributed by atoms with Crippen molar-refractivity contribution in [3.05, 3.63) is 90.5 Å². The van der Waals surface area contributed by atoms with Crippen LogP contribution in [-0.4, -0.2) is 4.57 Å². The van der Waals surface area contributed by atoms with Crippen LogP contribution in [0.5, 0.6) is 0 Å². The molecule has 0 fully saturated rings. The second-order valence-corrected chi connectivity index (χ2v) is 7.28. The van der Waals surface area contributed by atoms with Gasteiger partial charge in [-0.05, 0) is 36.2 Å². The number of hydrogen-bond donors (Lipinski definition) is 0. The Kier molecular flexibility index (Phi) is 3.18. The third kappa shape index (κ3) is 1.97. The summed E-state index contributed by atoms with van der Waals surface area (Å²) < 4.78 is 8.89. The Hall–Kier alpha value is -3.52. The van der Waals surface area contributed by atoms with E-state index in [0.29, 0.717) is 0 Å². The lowest BCUT2D eigenvalue weighted by Gasteiger charge is -2.07. The topological polar surface area (TPSA) is 18.1 Å². The third-order valence-electron chi connectivity index (χ3n) is 5.78. The van der Waals surface area contributed by atoms with Gasteiger partial charge in [-0.25, -0.2) is 0 Å². The lowest BCUT2D eigenvalue weighted by Crippen LogP contribution is -1.93. The standard InChI is InChI=1S/C26H19NO/c1-2-17-9-8-13-21-22-16-15-20-19-12-6-7-14-23(19)27(18-10-4-3-5-11-18)24(20)26(22)28-25(17)21/h3-16H,2H2,1H3. The van der Waals surface area contributed by atoms with E-state index in [4.69, 9.17) is 4.42 Å². The molecule has 0 bridgehead atoms. The fourth-order valence-corrected chi connectivity index (χ4v) is 4.49. The number of rotatable bonds is 2. The lowest BCUT2D eigenvalue weighted by atomic mass is 10.1. The molecule has 6 aromatic rings. The molecule has 2 nitrogen and oxygen atoms in total. The van der Waals surface area contributed by atoms with Crippen molar-refractivity contribution in [2.45, 2.75) is 13.3 Å². The second kappa shape index (κ2) is 5.74. The summed E-state index contributed by atoms with van der Waals surface area (Å²) in [6.07, 6.45) is 0.960. The number of aromatic nitrogens is 1. The molecule has 0 saturated heterocycles. The van der Waals surface area contributed by atoms with E-state index < -0.39 is 0 Å². The molecular formula is C26H19NO. The highest BCUT2D eigenvalue weighted by Gasteiger charge is 2.19. The molecule has 0 aliphatic carbocycles. The minimum absolute atomic E-state index is 0.960. The summed E-state index contributed by atoms with van der Waals surface area (Å²) in [6.45, 7) is 2.18. The van der Waals surface area contributed by atoms with Gasteiger partial charge in [0.15, 0.2) is 5.58 Å². The van der Waals surface area contributed by atoms with E-state index in [0.717, 1.165) is 28.8 Å². The molecule has 2 aromatic heterocycles. The number of hydrogen-bond acceptors (Lipinski definition) is 1. The number of aryl methyl sites for hydroxylation is 1. The van der Waals surface area contributed by atoms with Crippen molar-refractivity contribution in [2.75, 3.05) is 0 Å². The van der Waals surface area contributed by atoms with Gasteiger partial charge in [-0.1, -0.05) is 67.6 Å². The molecule has 28 heavy (non-hydrogen) atoms. The maximum absolute atomic E-state index is 6.56. The van der Waals surface area contributed by atoms with Crippen molar-refractivity contribution in [1.82, 2.24) is 4.57 Å². The molecular weight excluding hydrogens is 342 g/mol. The van der Waals surface area contributed by atoms with Gasteiger partial charge in [0.25, 0.3) is 0 Å². The highest BCUT2D eigenvalue weighted by Crippen LogP contribution is 2.40. The molecule has 0 atom stereocenters. The first kappa shape index (κ1) is 15.5. The van der Waals surface area contributed by atoms with Crippen molar-refractivity contribution in [2.24, 2.45) is 0 Å². The van der Waals surface area contributed by atoms with Gasteiger partial charge in [0, 0.05) is 27.2 Å². The Labute approximate surface area is 162 Å². The summed E-state index contributed by atoms with van der Waals surface area (Å²) in [6, 6.07) is 30.1. The molecule has 2 heterocycles. The number of benzene rings is 4. The van der Waals surface area contributed by atoms with E-state index in [2.05, 4.69) is 96.4 Å². The number of fused-ring (bicyclic) bond motifs is 7. The van der Waals surface area contributed by atoms with Crippen LogP contribution in [-0.2, 0) is 6.42 Å². The fourth-order valence-electron chi connectivity index (χ4n) is 4.49. The molecule has 134 valence electrons. The Bertz CT molecular complexity index is 1490. The van der Waals surface area contributed by atoms with Gasteiger partial charge in [-0.15, -0.1) is 0 Å². The van der Waals surface area contributed by atoms with E-state index in [9.17, 15) is 0 Å². The number of para-hydroxylation sites is 3. The van der Waals surface area contributed by atoms with Gasteiger partial charge in [0.1, 0.15) is 5.58 Å². The maximum atomic E-state index is 6.56. The van der Waals surface area contributed by atoms with E-state index in [1.54, 1.807) is 0 Å². The minimum atomic E-state index is 0.960. The van der Waals surface area contributed by atoms with Crippen molar-refractivity contribution in [3.8, 4) is 5.69 Å². The summed E-state index contributed by atoms with van der Waals surface area (Å²) >= 11 is 0. The van der Waals surface area contributed by atoms with Crippen molar-refractivity contribution >= 4 is 43.7 Å². The maximum Gasteiger partial charge on any atom is 0.160 e. The summed E-state index contributed by atoms with van der Waals surface area (Å²) in [5.74, 6) is 0. The van der Waals surface area contributed by atoms with Crippen LogP contribution >= 0.6 is 0 Å². The van der Waals surface area contributed by atoms with Gasteiger partial charge in [-0.2, -0.15) is 0 Å². The average molecular weight is 361 g/mol. The Morgan fingerprint density at radius 2 is 1.36 bits per heavy atom. The lowest BCUT2D eigenvalue weighted by molar-refractivity contribution is 0.665. The van der Waals surface area contributed by atoms with Crippen LogP contribution in [0.25, 0.3) is 49.4 Å². The van der Waals surface area contributed by atoms with Gasteiger partial charge < -0.3 is 8.98 Å². The third-order valence-corrected chi connectivity index (χ3v) is 5.78. The van der Waals surface area contributed by atoms with Crippen molar-refractivity contribution in [1.29, 1.82) is 0 Å². The van der Waals surface area contributed by atoms with Crippen LogP contribution in [0, 0.1) is 0 Å². The largest absolute Gasteiger partial charge is 0.454 e. The predicted molar refractivity (Wildman–Crippen MR) is 117 cm³/mol. The highest BCUT2D eigenvalue weighted by molar-refractivity contribution is 6.21. The smallest absolute Gasteiger partial charge is 0.160 e. The first-order chi connectivity index (χ1) is 13.9. The van der Waals surface area contributed by atoms with Crippen LogP contribution in [0.3, 0.4) is 0 Å². The van der Waals surface area contributed by atoms with Crippen LogP contribution in [0.2, 0.25) is 0 Å². The molecule has 6 rings (SSSR count). The van der Waals surface area contributed by atoms with Gasteiger partial charge in [0.2, 0.25) is 0 Å². The zero-order valence-corrected chi connectivity index (χ0v) is 15.6. The second-order valence-electron chi connectivity index (χ2n) is 7.28. The van der Waals surface area contributed by atoms with Gasteiger partial charge >= 0.3 is 0 Å². The molecule has 0 radical (unpaired) electrons. The molecule has 4 aromatic carbocycles. The van der Waals surface area contributed by atoms with Crippen LogP contribution in [0.15, 0.2) is 89.3 Å². The Morgan fingerprint density at radius 1 is 0.643 bits per heavy atom. The highest BCUT2D eigenvalue weighted by atomic mass is 16.3. The first-order valence-electron chi connectivity index (χ1n) is 9.78. The van der Waals surface area contributed by atoms with E-state index >= 15 is 0 Å². The zero-order chi connectivity index (χ0) is 18.7. The van der Waals surface area contributed by atoms with Gasteiger partial charge in [0.05, 0.1) is 11.0 Å². The summed E-state index contributed by atoms with van der Waals surface area (Å²) in [5.41, 5.74) is 6.72. The molecule has 0 spiro atoms. The van der Waals surface area contributed by atoms with Crippen molar-refractivity contribution < 1.29 is 4.42 Å². The van der Waals surface area contributed by atoms with Gasteiger partial charge in [-0.3, -0.25) is 0 Å².